The second-order valence-corrected chi connectivity index (χ2v) is 6.46. The van der Waals surface area contributed by atoms with E-state index in [1.807, 2.05) is 0 Å². The lowest BCUT2D eigenvalue weighted by Crippen LogP contribution is -2.24. The van der Waals surface area contributed by atoms with E-state index in [9.17, 15) is 13.2 Å². The maximum absolute atomic E-state index is 11.8. The van der Waals surface area contributed by atoms with Crippen molar-refractivity contribution < 1.29 is 23.1 Å². The van der Waals surface area contributed by atoms with Crippen molar-refractivity contribution in [1.29, 1.82) is 0 Å². The van der Waals surface area contributed by atoms with E-state index in [2.05, 4.69) is 4.72 Å². The van der Waals surface area contributed by atoms with Crippen LogP contribution in [0, 0.1) is 0 Å². The van der Waals surface area contributed by atoms with E-state index < -0.39 is 22.1 Å². The maximum Gasteiger partial charge on any atom is 0.345 e. The first-order valence-electron chi connectivity index (χ1n) is 5.11. The third-order valence-electron chi connectivity index (χ3n) is 2.70. The van der Waals surface area contributed by atoms with Crippen LogP contribution < -0.4 is 9.46 Å². The van der Waals surface area contributed by atoms with Gasteiger partial charge in [-0.05, 0) is 13.1 Å². The number of hydrogen-bond donors (Lipinski definition) is 2. The normalized spacial score (nSPS) is 17.9. The van der Waals surface area contributed by atoms with Gasteiger partial charge in [-0.3, -0.25) is 0 Å². The molecule has 6 nitrogen and oxygen atoms in total. The highest BCUT2D eigenvalue weighted by Crippen LogP contribution is 2.43. The molecule has 2 N–H and O–H groups in total. The summed E-state index contributed by atoms with van der Waals surface area (Å²) in [7, 11) is -2.54. The number of carbonyl (C=O) groups is 1. The molecule has 0 bridgehead atoms. The Kier molecular flexibility index (Phi) is 3.65. The van der Waals surface area contributed by atoms with Crippen LogP contribution in [0.25, 0.3) is 0 Å². The van der Waals surface area contributed by atoms with Crippen LogP contribution in [-0.4, -0.2) is 32.6 Å². The molecule has 0 fully saturated rings. The van der Waals surface area contributed by atoms with Crippen LogP contribution in [0.3, 0.4) is 0 Å². The Hall–Kier alpha value is -1.02. The van der Waals surface area contributed by atoms with Crippen LogP contribution in [0.4, 0.5) is 0 Å². The molecule has 2 rings (SSSR count). The third-order valence-corrected chi connectivity index (χ3v) is 5.10. The summed E-state index contributed by atoms with van der Waals surface area (Å²) in [6.07, 6.45) is -1.05. The smallest absolute Gasteiger partial charge is 0.345 e. The minimum Gasteiger partial charge on any atom is -0.478 e. The van der Waals surface area contributed by atoms with Gasteiger partial charge in [0.15, 0.2) is 6.10 Å². The summed E-state index contributed by atoms with van der Waals surface area (Å²) in [4.78, 5) is 10.7. The van der Waals surface area contributed by atoms with Gasteiger partial charge in [0.25, 0.3) is 0 Å². The Morgan fingerprint density at radius 3 is 2.63 bits per heavy atom. The molecular weight excluding hydrogens is 317 g/mol. The third kappa shape index (κ3) is 2.38. The summed E-state index contributed by atoms with van der Waals surface area (Å²) < 4.78 is 30.8. The summed E-state index contributed by atoms with van der Waals surface area (Å²) in [5.74, 6) is -1.03. The van der Waals surface area contributed by atoms with Gasteiger partial charge < -0.3 is 9.84 Å². The molecule has 0 spiro atoms. The summed E-state index contributed by atoms with van der Waals surface area (Å²) in [6, 6.07) is 1.28. The second-order valence-electron chi connectivity index (χ2n) is 3.85. The van der Waals surface area contributed by atoms with Crippen LogP contribution in [0.2, 0.25) is 10.0 Å². The first-order valence-corrected chi connectivity index (χ1v) is 7.35. The van der Waals surface area contributed by atoms with Crippen LogP contribution in [0.15, 0.2) is 11.0 Å². The predicted octanol–water partition coefficient (Wildman–Crippen LogP) is 1.29. The number of sulfonamides is 1. The molecule has 0 aliphatic carbocycles. The number of aliphatic carboxylic acids is 1. The Morgan fingerprint density at radius 1 is 1.47 bits per heavy atom. The average molecular weight is 326 g/mol. The van der Waals surface area contributed by atoms with Gasteiger partial charge in [0, 0.05) is 12.0 Å². The molecule has 19 heavy (non-hydrogen) atoms. The van der Waals surface area contributed by atoms with Crippen LogP contribution in [-0.2, 0) is 21.2 Å². The minimum absolute atomic E-state index is 0.0355. The van der Waals surface area contributed by atoms with Crippen LogP contribution in [0.1, 0.15) is 5.56 Å². The Balaban J connectivity index is 2.59. The number of benzene rings is 1. The quantitative estimate of drug-likeness (QED) is 0.873. The lowest BCUT2D eigenvalue weighted by atomic mass is 10.1. The van der Waals surface area contributed by atoms with Gasteiger partial charge in [-0.1, -0.05) is 23.2 Å². The number of rotatable bonds is 3. The summed E-state index contributed by atoms with van der Waals surface area (Å²) in [5.41, 5.74) is 0.399. The van der Waals surface area contributed by atoms with Crippen molar-refractivity contribution in [2.75, 3.05) is 7.05 Å². The van der Waals surface area contributed by atoms with E-state index in [0.29, 0.717) is 5.56 Å². The highest BCUT2D eigenvalue weighted by atomic mass is 35.5. The largest absolute Gasteiger partial charge is 0.478 e. The molecule has 0 amide bonds. The number of nitrogens with one attached hydrogen (secondary N) is 1. The van der Waals surface area contributed by atoms with E-state index in [1.165, 1.54) is 13.1 Å². The topological polar surface area (TPSA) is 92.7 Å². The van der Waals surface area contributed by atoms with Crippen molar-refractivity contribution in [2.24, 2.45) is 0 Å². The number of ether oxygens (including phenoxy) is 1. The van der Waals surface area contributed by atoms with E-state index in [0.717, 1.165) is 0 Å². The zero-order valence-electron chi connectivity index (χ0n) is 9.61. The van der Waals surface area contributed by atoms with Gasteiger partial charge >= 0.3 is 5.97 Å². The molecule has 1 heterocycles. The van der Waals surface area contributed by atoms with Crippen molar-refractivity contribution in [3.8, 4) is 5.75 Å². The van der Waals surface area contributed by atoms with Crippen molar-refractivity contribution >= 4 is 39.2 Å². The standard InChI is InChI=1S/C10H9Cl2NO5S/c1-13-19(16,17)6-3-4-2-5(10(14)15)18-9(4)8(12)7(6)11/h3,5,13H,2H2,1H3,(H,14,15). The highest BCUT2D eigenvalue weighted by Gasteiger charge is 2.34. The molecule has 1 unspecified atom stereocenters. The van der Waals surface area contributed by atoms with Gasteiger partial charge in [-0.2, -0.15) is 0 Å². The molecule has 0 aromatic heterocycles. The molecule has 0 radical (unpaired) electrons. The fraction of sp³-hybridized carbons (Fsp3) is 0.300. The predicted molar refractivity (Wildman–Crippen MR) is 68.5 cm³/mol. The first kappa shape index (κ1) is 14.4. The molecule has 1 atom stereocenters. The van der Waals surface area contributed by atoms with E-state index in [-0.39, 0.29) is 27.1 Å². The van der Waals surface area contributed by atoms with Crippen LogP contribution >= 0.6 is 23.2 Å². The highest BCUT2D eigenvalue weighted by molar-refractivity contribution is 7.89. The van der Waals surface area contributed by atoms with Gasteiger partial charge in [0.1, 0.15) is 15.7 Å². The van der Waals surface area contributed by atoms with E-state index in [4.69, 9.17) is 33.0 Å². The van der Waals surface area contributed by atoms with Crippen molar-refractivity contribution in [1.82, 2.24) is 4.72 Å². The van der Waals surface area contributed by atoms with Crippen molar-refractivity contribution in [2.45, 2.75) is 17.4 Å². The molecule has 9 heteroatoms. The molecule has 0 saturated carbocycles. The van der Waals surface area contributed by atoms with E-state index >= 15 is 0 Å². The number of fused-ring (bicyclic) bond motifs is 1. The van der Waals surface area contributed by atoms with Crippen LogP contribution in [0.5, 0.6) is 5.75 Å². The SMILES string of the molecule is CNS(=O)(=O)c1cc2c(c(Cl)c1Cl)OC(C(=O)O)C2. The number of carboxylic acid groups (broad SMARTS) is 1. The fourth-order valence-corrected chi connectivity index (χ4v) is 3.37. The van der Waals surface area contributed by atoms with Gasteiger partial charge in [-0.25, -0.2) is 17.9 Å². The molecule has 1 aromatic rings. The number of halogens is 2. The number of hydrogen-bond acceptors (Lipinski definition) is 4. The molecule has 1 aliphatic rings. The monoisotopic (exact) mass is 325 g/mol. The van der Waals surface area contributed by atoms with Crippen molar-refractivity contribution in [3.05, 3.63) is 21.7 Å². The fourth-order valence-electron chi connectivity index (χ4n) is 1.74. The van der Waals surface area contributed by atoms with Gasteiger partial charge in [0.2, 0.25) is 10.0 Å². The summed E-state index contributed by atoms with van der Waals surface area (Å²) >= 11 is 11.8. The molecule has 0 saturated heterocycles. The molecule has 104 valence electrons. The minimum atomic E-state index is -3.78. The van der Waals surface area contributed by atoms with Gasteiger partial charge in [0.05, 0.1) is 5.02 Å². The summed E-state index contributed by atoms with van der Waals surface area (Å²) in [6.45, 7) is 0. The Labute approximate surface area is 119 Å². The first-order chi connectivity index (χ1) is 8.77. The summed E-state index contributed by atoms with van der Waals surface area (Å²) in [5, 5.41) is 8.60. The lowest BCUT2D eigenvalue weighted by molar-refractivity contribution is -0.144. The molecule has 1 aliphatic heterocycles. The number of carboxylic acids is 1. The average Bonchev–Trinajstić information content (AvgIpc) is 2.78. The zero-order chi connectivity index (χ0) is 14.4. The Morgan fingerprint density at radius 2 is 2.11 bits per heavy atom. The lowest BCUT2D eigenvalue weighted by Gasteiger charge is -2.10. The van der Waals surface area contributed by atoms with E-state index in [1.54, 1.807) is 0 Å². The van der Waals surface area contributed by atoms with Gasteiger partial charge in [-0.15, -0.1) is 0 Å². The Bertz CT molecular complexity index is 658. The maximum atomic E-state index is 11.8. The molecular formula is C10H9Cl2NO5S. The second kappa shape index (κ2) is 4.82. The molecule has 1 aromatic carbocycles. The van der Waals surface area contributed by atoms with Crippen molar-refractivity contribution in [3.63, 3.8) is 0 Å². The zero-order valence-corrected chi connectivity index (χ0v) is 11.9.